The number of hydrogen-bond acceptors (Lipinski definition) is 10. The highest BCUT2D eigenvalue weighted by atomic mass is 32.2. The molecule has 0 saturated carbocycles. The van der Waals surface area contributed by atoms with Crippen LogP contribution in [0.15, 0.2) is 104 Å². The molecule has 0 unspecified atom stereocenters. The molecule has 228 valence electrons. The maximum atomic E-state index is 11.3. The lowest BCUT2D eigenvalue weighted by Gasteiger charge is -2.08. The average molecular weight is 627 g/mol. The lowest BCUT2D eigenvalue weighted by molar-refractivity contribution is 0.0693. The van der Waals surface area contributed by atoms with E-state index in [1.807, 2.05) is 38.1 Å². The molecule has 1 aromatic heterocycles. The van der Waals surface area contributed by atoms with Gasteiger partial charge in [0.1, 0.15) is 11.3 Å². The summed E-state index contributed by atoms with van der Waals surface area (Å²) in [6.07, 6.45) is 0. The summed E-state index contributed by atoms with van der Waals surface area (Å²) in [6.45, 7) is 5.41. The van der Waals surface area contributed by atoms with Gasteiger partial charge in [-0.1, -0.05) is 12.1 Å². The predicted molar refractivity (Wildman–Crippen MR) is 165 cm³/mol. The second-order valence-corrected chi connectivity index (χ2v) is 11.5. The second kappa shape index (κ2) is 12.1. The number of carboxylic acids is 1. The molecule has 14 heteroatoms. The van der Waals surface area contributed by atoms with Gasteiger partial charge < -0.3 is 15.3 Å². The first kappa shape index (κ1) is 30.7. The normalized spacial score (nSPS) is 11.9. The minimum absolute atomic E-state index is 0.143. The number of aromatic hydroxyl groups is 2. The summed E-state index contributed by atoms with van der Waals surface area (Å²) in [7, 11) is -4.36. The molecule has 0 bridgehead atoms. The van der Waals surface area contributed by atoms with E-state index in [4.69, 9.17) is 0 Å². The monoisotopic (exact) mass is 626 g/mol. The summed E-state index contributed by atoms with van der Waals surface area (Å²) in [5.41, 5.74) is 5.60. The van der Waals surface area contributed by atoms with Crippen molar-refractivity contribution in [1.29, 1.82) is 0 Å². The topological polar surface area (TPSA) is 199 Å². The number of aromatic nitrogens is 2. The number of phenols is 1. The number of nitrogens with zero attached hydrogens (tertiary/aromatic N) is 6. The van der Waals surface area contributed by atoms with Crippen molar-refractivity contribution in [3.05, 3.63) is 101 Å². The molecule has 0 amide bonds. The van der Waals surface area contributed by atoms with Gasteiger partial charge in [-0.25, -0.2) is 4.79 Å². The van der Waals surface area contributed by atoms with Gasteiger partial charge in [0.2, 0.25) is 5.88 Å². The number of azo groups is 2. The molecule has 4 aromatic carbocycles. The van der Waals surface area contributed by atoms with Crippen molar-refractivity contribution < 1.29 is 33.1 Å². The summed E-state index contributed by atoms with van der Waals surface area (Å²) in [4.78, 5) is 11.0. The van der Waals surface area contributed by atoms with Gasteiger partial charge in [-0.3, -0.25) is 4.55 Å². The molecule has 5 rings (SSSR count). The molecule has 0 aliphatic rings. The van der Waals surface area contributed by atoms with E-state index in [-0.39, 0.29) is 27.8 Å². The van der Waals surface area contributed by atoms with E-state index in [0.29, 0.717) is 28.4 Å². The third kappa shape index (κ3) is 6.61. The van der Waals surface area contributed by atoms with Gasteiger partial charge in [-0.15, -0.1) is 5.11 Å². The van der Waals surface area contributed by atoms with Crippen LogP contribution >= 0.6 is 0 Å². The summed E-state index contributed by atoms with van der Waals surface area (Å²) < 4.78 is 33.0. The molecule has 0 fully saturated rings. The molecular formula is C31H26N6O7S. The standard InChI is InChI=1S/C31H26N6O7S/c1-17-14-20(4-11-26(17)33-32-22-6-13-28(38)25(16-22)31(40)41)21-5-12-27(18(2)15-21)34-35-29-19(3)36-37(30(29)39)23-7-9-24(10-8-23)45(42,43)44/h4-16,38-39H,1-3H3,(H,40,41)(H,42,43,44). The van der Waals surface area contributed by atoms with Crippen LogP contribution in [0, 0.1) is 20.8 Å². The van der Waals surface area contributed by atoms with Crippen LogP contribution in [0.25, 0.3) is 16.8 Å². The fourth-order valence-electron chi connectivity index (χ4n) is 4.43. The van der Waals surface area contributed by atoms with Crippen molar-refractivity contribution in [3.63, 3.8) is 0 Å². The van der Waals surface area contributed by atoms with E-state index in [9.17, 15) is 33.1 Å². The van der Waals surface area contributed by atoms with E-state index in [0.717, 1.165) is 22.3 Å². The van der Waals surface area contributed by atoms with Gasteiger partial charge in [-0.05, 0) is 110 Å². The molecule has 13 nitrogen and oxygen atoms in total. The third-order valence-corrected chi connectivity index (χ3v) is 7.72. The number of benzene rings is 4. The zero-order valence-electron chi connectivity index (χ0n) is 24.1. The Morgan fingerprint density at radius 2 is 1.33 bits per heavy atom. The van der Waals surface area contributed by atoms with E-state index in [2.05, 4.69) is 25.6 Å². The zero-order chi connectivity index (χ0) is 32.5. The fourth-order valence-corrected chi connectivity index (χ4v) is 4.91. The van der Waals surface area contributed by atoms with Crippen molar-refractivity contribution >= 4 is 38.8 Å². The highest BCUT2D eigenvalue weighted by Gasteiger charge is 2.17. The Balaban J connectivity index is 1.34. The summed E-state index contributed by atoms with van der Waals surface area (Å²) in [5, 5.41) is 50.8. The maximum Gasteiger partial charge on any atom is 0.339 e. The number of aryl methyl sites for hydroxylation is 3. The fraction of sp³-hybridized carbons (Fsp3) is 0.0968. The molecule has 0 aliphatic carbocycles. The largest absolute Gasteiger partial charge is 0.507 e. The quantitative estimate of drug-likeness (QED) is 0.0993. The summed E-state index contributed by atoms with van der Waals surface area (Å²) >= 11 is 0. The first-order valence-electron chi connectivity index (χ1n) is 13.3. The van der Waals surface area contributed by atoms with Gasteiger partial charge >= 0.3 is 5.97 Å². The van der Waals surface area contributed by atoms with Crippen LogP contribution in [0.2, 0.25) is 0 Å². The van der Waals surface area contributed by atoms with E-state index in [1.54, 1.807) is 19.1 Å². The van der Waals surface area contributed by atoms with E-state index < -0.39 is 16.1 Å². The van der Waals surface area contributed by atoms with Gasteiger partial charge in [0, 0.05) is 0 Å². The van der Waals surface area contributed by atoms with E-state index in [1.165, 1.54) is 47.1 Å². The molecule has 0 radical (unpaired) electrons. The Hall–Kier alpha value is -5.73. The van der Waals surface area contributed by atoms with Crippen LogP contribution < -0.4 is 0 Å². The van der Waals surface area contributed by atoms with Crippen LogP contribution in [-0.2, 0) is 10.1 Å². The molecular weight excluding hydrogens is 600 g/mol. The Kier molecular flexibility index (Phi) is 8.26. The van der Waals surface area contributed by atoms with Crippen LogP contribution in [0.5, 0.6) is 11.6 Å². The van der Waals surface area contributed by atoms with Crippen LogP contribution in [-0.4, -0.2) is 44.0 Å². The Bertz CT molecular complexity index is 2120. The minimum atomic E-state index is -4.36. The number of hydrogen-bond donors (Lipinski definition) is 4. The molecule has 4 N–H and O–H groups in total. The number of aromatic carboxylic acids is 1. The Morgan fingerprint density at radius 1 is 0.756 bits per heavy atom. The van der Waals surface area contributed by atoms with Crippen molar-refractivity contribution in [1.82, 2.24) is 9.78 Å². The van der Waals surface area contributed by atoms with Gasteiger partial charge in [0.15, 0.2) is 5.69 Å². The Labute approximate surface area is 257 Å². The number of carboxylic acid groups (broad SMARTS) is 1. The molecule has 0 atom stereocenters. The Morgan fingerprint density at radius 3 is 1.87 bits per heavy atom. The molecule has 0 aliphatic heterocycles. The molecule has 0 saturated heterocycles. The molecule has 0 spiro atoms. The molecule has 5 aromatic rings. The minimum Gasteiger partial charge on any atom is -0.507 e. The van der Waals surface area contributed by atoms with Gasteiger partial charge in [-0.2, -0.15) is 33.5 Å². The third-order valence-electron chi connectivity index (χ3n) is 6.85. The number of carbonyl (C=O) groups is 1. The van der Waals surface area contributed by atoms with Crippen molar-refractivity contribution in [2.45, 2.75) is 25.7 Å². The highest BCUT2D eigenvalue weighted by molar-refractivity contribution is 7.85. The first-order chi connectivity index (χ1) is 21.3. The van der Waals surface area contributed by atoms with Gasteiger partial charge in [0.05, 0.1) is 33.3 Å². The van der Waals surface area contributed by atoms with Crippen molar-refractivity contribution in [2.24, 2.45) is 20.5 Å². The van der Waals surface area contributed by atoms with Crippen molar-refractivity contribution in [2.75, 3.05) is 0 Å². The van der Waals surface area contributed by atoms with E-state index >= 15 is 0 Å². The predicted octanol–water partition coefficient (Wildman–Crippen LogP) is 7.65. The second-order valence-electron chi connectivity index (χ2n) is 10.0. The SMILES string of the molecule is Cc1cc(-c2ccc(N=Nc3c(C)nn(-c4ccc(S(=O)(=O)O)cc4)c3O)c(C)c2)ccc1N=Nc1ccc(O)c(C(=O)O)c1. The smallest absolute Gasteiger partial charge is 0.339 e. The zero-order valence-corrected chi connectivity index (χ0v) is 24.9. The van der Waals surface area contributed by atoms with Crippen LogP contribution in [0.4, 0.5) is 22.7 Å². The highest BCUT2D eigenvalue weighted by Crippen LogP contribution is 2.36. The average Bonchev–Trinajstić information content (AvgIpc) is 3.28. The first-order valence-corrected chi connectivity index (χ1v) is 14.7. The number of rotatable bonds is 8. The molecule has 1 heterocycles. The lowest BCUT2D eigenvalue weighted by atomic mass is 10.0. The van der Waals surface area contributed by atoms with Crippen molar-refractivity contribution in [3.8, 4) is 28.4 Å². The molecule has 45 heavy (non-hydrogen) atoms. The summed E-state index contributed by atoms with van der Waals surface area (Å²) in [5.74, 6) is -1.90. The van der Waals surface area contributed by atoms with Crippen LogP contribution in [0.3, 0.4) is 0 Å². The lowest BCUT2D eigenvalue weighted by Crippen LogP contribution is -2.00. The van der Waals surface area contributed by atoms with Crippen LogP contribution in [0.1, 0.15) is 27.2 Å². The summed E-state index contributed by atoms with van der Waals surface area (Å²) in [6, 6.07) is 20.4. The maximum absolute atomic E-state index is 11.3. The van der Waals surface area contributed by atoms with Gasteiger partial charge in [0.25, 0.3) is 10.1 Å².